The van der Waals surface area contributed by atoms with E-state index in [9.17, 15) is 0 Å². The standard InChI is InChI=1S/C11H17NO/c1-4-9(5-2)10-7-6-8-12-11(10)13-3/h6-9H,4-5H2,1-3H3. The lowest BCUT2D eigenvalue weighted by Crippen LogP contribution is -2.00. The molecule has 13 heavy (non-hydrogen) atoms. The third-order valence-corrected chi connectivity index (χ3v) is 2.42. The lowest BCUT2D eigenvalue weighted by atomic mass is 9.95. The highest BCUT2D eigenvalue weighted by Gasteiger charge is 2.12. The van der Waals surface area contributed by atoms with Gasteiger partial charge in [-0.05, 0) is 24.8 Å². The molecule has 0 aliphatic heterocycles. The van der Waals surface area contributed by atoms with Crippen molar-refractivity contribution in [3.8, 4) is 5.88 Å². The lowest BCUT2D eigenvalue weighted by Gasteiger charge is -2.14. The molecule has 1 aromatic heterocycles. The summed E-state index contributed by atoms with van der Waals surface area (Å²) in [4.78, 5) is 4.19. The SMILES string of the molecule is CCC(CC)c1cccnc1OC. The van der Waals surface area contributed by atoms with Gasteiger partial charge in [-0.3, -0.25) is 0 Å². The second-order valence-electron chi connectivity index (χ2n) is 3.12. The molecule has 0 unspecified atom stereocenters. The monoisotopic (exact) mass is 179 g/mol. The van der Waals surface area contributed by atoms with Crippen molar-refractivity contribution in [3.05, 3.63) is 23.9 Å². The predicted octanol–water partition coefficient (Wildman–Crippen LogP) is 2.99. The van der Waals surface area contributed by atoms with Crippen LogP contribution in [0.5, 0.6) is 5.88 Å². The van der Waals surface area contributed by atoms with E-state index in [-0.39, 0.29) is 0 Å². The molecule has 0 N–H and O–H groups in total. The molecule has 0 radical (unpaired) electrons. The Balaban J connectivity index is 2.96. The molecule has 0 aliphatic carbocycles. The molecule has 0 aliphatic rings. The van der Waals surface area contributed by atoms with E-state index in [1.807, 2.05) is 6.07 Å². The van der Waals surface area contributed by atoms with E-state index in [1.165, 1.54) is 5.56 Å². The Morgan fingerprint density at radius 1 is 1.38 bits per heavy atom. The lowest BCUT2D eigenvalue weighted by molar-refractivity contribution is 0.386. The van der Waals surface area contributed by atoms with Crippen LogP contribution >= 0.6 is 0 Å². The Bertz CT molecular complexity index is 256. The Labute approximate surface area is 80.0 Å². The average molecular weight is 179 g/mol. The summed E-state index contributed by atoms with van der Waals surface area (Å²) < 4.78 is 5.22. The average Bonchev–Trinajstić information content (AvgIpc) is 2.20. The van der Waals surface area contributed by atoms with E-state index < -0.39 is 0 Å². The van der Waals surface area contributed by atoms with Gasteiger partial charge in [0, 0.05) is 11.8 Å². The van der Waals surface area contributed by atoms with E-state index in [1.54, 1.807) is 13.3 Å². The Morgan fingerprint density at radius 3 is 2.62 bits per heavy atom. The predicted molar refractivity (Wildman–Crippen MR) is 54.1 cm³/mol. The summed E-state index contributed by atoms with van der Waals surface area (Å²) in [7, 11) is 1.67. The molecule has 0 aromatic carbocycles. The molecule has 1 aromatic rings. The van der Waals surface area contributed by atoms with Crippen LogP contribution < -0.4 is 4.74 Å². The molecule has 0 amide bonds. The summed E-state index contributed by atoms with van der Waals surface area (Å²) in [6, 6.07) is 4.07. The summed E-state index contributed by atoms with van der Waals surface area (Å²) in [5.41, 5.74) is 1.23. The van der Waals surface area contributed by atoms with Gasteiger partial charge in [0.2, 0.25) is 5.88 Å². The van der Waals surface area contributed by atoms with Gasteiger partial charge in [0.05, 0.1) is 7.11 Å². The molecule has 1 heterocycles. The Hall–Kier alpha value is -1.05. The smallest absolute Gasteiger partial charge is 0.216 e. The van der Waals surface area contributed by atoms with Gasteiger partial charge in [0.1, 0.15) is 0 Å². The first-order valence-electron chi connectivity index (χ1n) is 4.82. The third-order valence-electron chi connectivity index (χ3n) is 2.42. The van der Waals surface area contributed by atoms with Gasteiger partial charge >= 0.3 is 0 Å². The fourth-order valence-corrected chi connectivity index (χ4v) is 1.61. The van der Waals surface area contributed by atoms with Gasteiger partial charge in [0.15, 0.2) is 0 Å². The number of nitrogens with zero attached hydrogens (tertiary/aromatic N) is 1. The maximum Gasteiger partial charge on any atom is 0.216 e. The summed E-state index contributed by atoms with van der Waals surface area (Å²) >= 11 is 0. The maximum atomic E-state index is 5.22. The van der Waals surface area contributed by atoms with Crippen LogP contribution in [0.15, 0.2) is 18.3 Å². The molecule has 0 saturated heterocycles. The van der Waals surface area contributed by atoms with Crippen LogP contribution in [0.4, 0.5) is 0 Å². The summed E-state index contributed by atoms with van der Waals surface area (Å²) in [5.74, 6) is 1.35. The molecular weight excluding hydrogens is 162 g/mol. The van der Waals surface area contributed by atoms with E-state index in [4.69, 9.17) is 4.74 Å². The normalized spacial score (nSPS) is 10.5. The van der Waals surface area contributed by atoms with E-state index in [2.05, 4.69) is 24.9 Å². The van der Waals surface area contributed by atoms with Gasteiger partial charge in [-0.2, -0.15) is 0 Å². The number of aromatic nitrogens is 1. The number of ether oxygens (including phenoxy) is 1. The molecule has 0 fully saturated rings. The zero-order valence-corrected chi connectivity index (χ0v) is 8.58. The number of methoxy groups -OCH3 is 1. The van der Waals surface area contributed by atoms with Gasteiger partial charge in [0.25, 0.3) is 0 Å². The first-order chi connectivity index (χ1) is 6.33. The van der Waals surface area contributed by atoms with Gasteiger partial charge < -0.3 is 4.74 Å². The Morgan fingerprint density at radius 2 is 2.08 bits per heavy atom. The highest BCUT2D eigenvalue weighted by atomic mass is 16.5. The van der Waals surface area contributed by atoms with Crippen molar-refractivity contribution in [2.45, 2.75) is 32.6 Å². The van der Waals surface area contributed by atoms with E-state index in [0.29, 0.717) is 5.92 Å². The Kier molecular flexibility index (Phi) is 3.74. The minimum absolute atomic E-state index is 0.573. The zero-order chi connectivity index (χ0) is 9.68. The molecule has 0 bridgehead atoms. The number of rotatable bonds is 4. The van der Waals surface area contributed by atoms with Crippen LogP contribution in [0.25, 0.3) is 0 Å². The second-order valence-corrected chi connectivity index (χ2v) is 3.12. The van der Waals surface area contributed by atoms with Crippen molar-refractivity contribution in [1.82, 2.24) is 4.98 Å². The van der Waals surface area contributed by atoms with Gasteiger partial charge in [-0.1, -0.05) is 19.9 Å². The molecule has 1 rings (SSSR count). The maximum absolute atomic E-state index is 5.22. The number of hydrogen-bond donors (Lipinski definition) is 0. The largest absolute Gasteiger partial charge is 0.481 e. The fraction of sp³-hybridized carbons (Fsp3) is 0.545. The van der Waals surface area contributed by atoms with Crippen molar-refractivity contribution in [3.63, 3.8) is 0 Å². The minimum atomic E-state index is 0.573. The third kappa shape index (κ3) is 2.20. The van der Waals surface area contributed by atoms with Crippen molar-refractivity contribution in [2.75, 3.05) is 7.11 Å². The molecule has 72 valence electrons. The van der Waals surface area contributed by atoms with Crippen LogP contribution in [-0.4, -0.2) is 12.1 Å². The van der Waals surface area contributed by atoms with Crippen LogP contribution in [0.2, 0.25) is 0 Å². The second kappa shape index (κ2) is 4.85. The van der Waals surface area contributed by atoms with Crippen molar-refractivity contribution >= 4 is 0 Å². The summed E-state index contributed by atoms with van der Waals surface area (Å²) in [6.07, 6.45) is 4.04. The fourth-order valence-electron chi connectivity index (χ4n) is 1.61. The minimum Gasteiger partial charge on any atom is -0.481 e. The van der Waals surface area contributed by atoms with Crippen LogP contribution in [0.1, 0.15) is 38.2 Å². The molecule has 0 atom stereocenters. The van der Waals surface area contributed by atoms with E-state index in [0.717, 1.165) is 18.7 Å². The summed E-state index contributed by atoms with van der Waals surface area (Å²) in [6.45, 7) is 4.39. The zero-order valence-electron chi connectivity index (χ0n) is 8.58. The summed E-state index contributed by atoms with van der Waals surface area (Å²) in [5, 5.41) is 0. The highest BCUT2D eigenvalue weighted by molar-refractivity contribution is 5.29. The molecular formula is C11H17NO. The van der Waals surface area contributed by atoms with Crippen molar-refractivity contribution < 1.29 is 4.74 Å². The van der Waals surface area contributed by atoms with Crippen molar-refractivity contribution in [2.24, 2.45) is 0 Å². The van der Waals surface area contributed by atoms with Gasteiger partial charge in [-0.25, -0.2) is 4.98 Å². The molecule has 0 spiro atoms. The topological polar surface area (TPSA) is 22.1 Å². The molecule has 2 nitrogen and oxygen atoms in total. The quantitative estimate of drug-likeness (QED) is 0.708. The number of pyridine rings is 1. The first-order valence-corrected chi connectivity index (χ1v) is 4.82. The highest BCUT2D eigenvalue weighted by Crippen LogP contribution is 2.28. The number of hydrogen-bond acceptors (Lipinski definition) is 2. The van der Waals surface area contributed by atoms with E-state index >= 15 is 0 Å². The van der Waals surface area contributed by atoms with Crippen molar-refractivity contribution in [1.29, 1.82) is 0 Å². The first kappa shape index (κ1) is 10.0. The van der Waals surface area contributed by atoms with Crippen LogP contribution in [0, 0.1) is 0 Å². The molecule has 0 saturated carbocycles. The van der Waals surface area contributed by atoms with Gasteiger partial charge in [-0.15, -0.1) is 0 Å². The van der Waals surface area contributed by atoms with Crippen LogP contribution in [0.3, 0.4) is 0 Å². The molecule has 2 heteroatoms. The van der Waals surface area contributed by atoms with Crippen LogP contribution in [-0.2, 0) is 0 Å².